The predicted octanol–water partition coefficient (Wildman–Crippen LogP) is 3.11. The van der Waals surface area contributed by atoms with Gasteiger partial charge in [-0.2, -0.15) is 0 Å². The van der Waals surface area contributed by atoms with Gasteiger partial charge in [-0.15, -0.1) is 0 Å². The fraction of sp³-hybridized carbons (Fsp3) is 0.250. The maximum Gasteiger partial charge on any atom is 0.205 e. The molecule has 108 valence electrons. The van der Waals surface area contributed by atoms with Crippen LogP contribution in [0.3, 0.4) is 0 Å². The van der Waals surface area contributed by atoms with Gasteiger partial charge in [-0.1, -0.05) is 0 Å². The number of benzene rings is 2. The highest BCUT2D eigenvalue weighted by Gasteiger charge is 2.23. The fourth-order valence-electron chi connectivity index (χ4n) is 2.78. The number of rotatable bonds is 2. The molecule has 2 aromatic carbocycles. The first kappa shape index (κ1) is 12.2. The monoisotopic (exact) mass is 285 g/mol. The molecule has 1 N–H and O–H groups in total. The minimum absolute atomic E-state index is 0.531. The highest BCUT2D eigenvalue weighted by molar-refractivity contribution is 6.11. The number of aromatic amines is 1. The molecule has 0 saturated carbocycles. The molecule has 0 radical (unpaired) electrons. The second kappa shape index (κ2) is 4.48. The maximum atomic E-state index is 5.80. The SMILES string of the molecule is COc1ccc2[nH]c3c4c(c(OC)cc3c2c1)OCCO4. The van der Waals surface area contributed by atoms with Crippen LogP contribution in [0, 0.1) is 0 Å². The summed E-state index contributed by atoms with van der Waals surface area (Å²) in [4.78, 5) is 3.39. The summed E-state index contributed by atoms with van der Waals surface area (Å²) in [5.74, 6) is 2.87. The molecule has 0 amide bonds. The topological polar surface area (TPSA) is 52.7 Å². The summed E-state index contributed by atoms with van der Waals surface area (Å²) in [7, 11) is 3.30. The quantitative estimate of drug-likeness (QED) is 0.786. The smallest absolute Gasteiger partial charge is 0.205 e. The van der Waals surface area contributed by atoms with Gasteiger partial charge >= 0.3 is 0 Å². The van der Waals surface area contributed by atoms with Crippen molar-refractivity contribution in [3.8, 4) is 23.0 Å². The number of methoxy groups -OCH3 is 2. The van der Waals surface area contributed by atoms with E-state index in [0.717, 1.165) is 27.6 Å². The Morgan fingerprint density at radius 1 is 0.952 bits per heavy atom. The van der Waals surface area contributed by atoms with Gasteiger partial charge in [0.05, 0.1) is 19.7 Å². The van der Waals surface area contributed by atoms with Crippen molar-refractivity contribution >= 4 is 21.8 Å². The fourth-order valence-corrected chi connectivity index (χ4v) is 2.78. The molecule has 1 aliphatic rings. The van der Waals surface area contributed by atoms with Crippen LogP contribution in [0.2, 0.25) is 0 Å². The van der Waals surface area contributed by atoms with Crippen LogP contribution in [0.5, 0.6) is 23.0 Å². The molecule has 0 saturated heterocycles. The normalized spacial score (nSPS) is 13.6. The minimum Gasteiger partial charge on any atom is -0.497 e. The predicted molar refractivity (Wildman–Crippen MR) is 79.9 cm³/mol. The van der Waals surface area contributed by atoms with Gasteiger partial charge in [-0.25, -0.2) is 0 Å². The second-order valence-electron chi connectivity index (χ2n) is 4.89. The molecular weight excluding hydrogens is 270 g/mol. The molecule has 0 fully saturated rings. The average Bonchev–Trinajstić information content (AvgIpc) is 2.91. The van der Waals surface area contributed by atoms with Gasteiger partial charge in [-0.05, 0) is 24.3 Å². The van der Waals surface area contributed by atoms with Crippen LogP contribution in [-0.4, -0.2) is 32.4 Å². The zero-order chi connectivity index (χ0) is 14.4. The molecule has 5 heteroatoms. The highest BCUT2D eigenvalue weighted by Crippen LogP contribution is 2.47. The number of fused-ring (bicyclic) bond motifs is 5. The third kappa shape index (κ3) is 1.70. The summed E-state index contributed by atoms with van der Waals surface area (Å²) in [5.41, 5.74) is 1.95. The van der Waals surface area contributed by atoms with Crippen LogP contribution in [0.25, 0.3) is 21.8 Å². The first-order valence-electron chi connectivity index (χ1n) is 6.78. The number of hydrogen-bond donors (Lipinski definition) is 1. The molecule has 1 aromatic heterocycles. The minimum atomic E-state index is 0.531. The molecule has 0 bridgehead atoms. The molecule has 0 unspecified atom stereocenters. The standard InChI is InChI=1S/C16H15NO4/c1-18-9-3-4-12-10(7-9)11-8-13(19-2)15-16(14(11)17-12)21-6-5-20-15/h3-4,7-8,17H,5-6H2,1-2H3. The molecule has 3 aromatic rings. The summed E-state index contributed by atoms with van der Waals surface area (Å²) < 4.78 is 22.3. The Balaban J connectivity index is 2.11. The number of hydrogen-bond acceptors (Lipinski definition) is 4. The van der Waals surface area contributed by atoms with Crippen LogP contribution in [0.15, 0.2) is 24.3 Å². The van der Waals surface area contributed by atoms with E-state index in [9.17, 15) is 0 Å². The Morgan fingerprint density at radius 2 is 1.76 bits per heavy atom. The lowest BCUT2D eigenvalue weighted by Gasteiger charge is -2.21. The first-order chi connectivity index (χ1) is 10.3. The summed E-state index contributed by atoms with van der Waals surface area (Å²) in [5, 5.41) is 2.10. The van der Waals surface area contributed by atoms with Crippen molar-refractivity contribution in [3.63, 3.8) is 0 Å². The van der Waals surface area contributed by atoms with Gasteiger partial charge in [0.1, 0.15) is 19.0 Å². The molecule has 0 aliphatic carbocycles. The lowest BCUT2D eigenvalue weighted by atomic mass is 10.1. The van der Waals surface area contributed by atoms with Gasteiger partial charge < -0.3 is 23.9 Å². The van der Waals surface area contributed by atoms with Crippen LogP contribution in [0.1, 0.15) is 0 Å². The highest BCUT2D eigenvalue weighted by atomic mass is 16.6. The number of aromatic nitrogens is 1. The Labute approximate surface area is 121 Å². The van der Waals surface area contributed by atoms with Crippen molar-refractivity contribution in [1.82, 2.24) is 4.98 Å². The Hall–Kier alpha value is -2.56. The summed E-state index contributed by atoms with van der Waals surface area (Å²) in [6.07, 6.45) is 0. The first-order valence-corrected chi connectivity index (χ1v) is 6.78. The Bertz CT molecular complexity index is 837. The van der Waals surface area contributed by atoms with E-state index in [-0.39, 0.29) is 0 Å². The maximum absolute atomic E-state index is 5.80. The third-order valence-corrected chi connectivity index (χ3v) is 3.77. The van der Waals surface area contributed by atoms with Crippen molar-refractivity contribution in [2.24, 2.45) is 0 Å². The Morgan fingerprint density at radius 3 is 2.52 bits per heavy atom. The van der Waals surface area contributed by atoms with Crippen LogP contribution in [0.4, 0.5) is 0 Å². The average molecular weight is 285 g/mol. The third-order valence-electron chi connectivity index (χ3n) is 3.77. The van der Waals surface area contributed by atoms with E-state index in [4.69, 9.17) is 18.9 Å². The zero-order valence-electron chi connectivity index (χ0n) is 11.9. The van der Waals surface area contributed by atoms with E-state index in [1.54, 1.807) is 14.2 Å². The van der Waals surface area contributed by atoms with E-state index >= 15 is 0 Å². The summed E-state index contributed by atoms with van der Waals surface area (Å²) in [6.45, 7) is 1.07. The van der Waals surface area contributed by atoms with Crippen molar-refractivity contribution in [3.05, 3.63) is 24.3 Å². The second-order valence-corrected chi connectivity index (χ2v) is 4.89. The zero-order valence-corrected chi connectivity index (χ0v) is 11.9. The molecule has 5 nitrogen and oxygen atoms in total. The van der Waals surface area contributed by atoms with Crippen molar-refractivity contribution in [1.29, 1.82) is 0 Å². The summed E-state index contributed by atoms with van der Waals surface area (Å²) >= 11 is 0. The number of H-pyrrole nitrogens is 1. The van der Waals surface area contributed by atoms with E-state index in [1.165, 1.54) is 0 Å². The lowest BCUT2D eigenvalue weighted by Crippen LogP contribution is -2.16. The van der Waals surface area contributed by atoms with E-state index in [2.05, 4.69) is 4.98 Å². The van der Waals surface area contributed by atoms with Gasteiger partial charge in [0, 0.05) is 16.3 Å². The largest absolute Gasteiger partial charge is 0.497 e. The van der Waals surface area contributed by atoms with Gasteiger partial charge in [0.15, 0.2) is 11.5 Å². The van der Waals surface area contributed by atoms with Gasteiger partial charge in [-0.3, -0.25) is 0 Å². The van der Waals surface area contributed by atoms with E-state index < -0.39 is 0 Å². The summed E-state index contributed by atoms with van der Waals surface area (Å²) in [6, 6.07) is 7.90. The van der Waals surface area contributed by atoms with Crippen molar-refractivity contribution < 1.29 is 18.9 Å². The molecule has 1 aliphatic heterocycles. The van der Waals surface area contributed by atoms with Crippen molar-refractivity contribution in [2.45, 2.75) is 0 Å². The molecule has 2 heterocycles. The molecule has 21 heavy (non-hydrogen) atoms. The van der Waals surface area contributed by atoms with Crippen LogP contribution in [-0.2, 0) is 0 Å². The molecule has 4 rings (SSSR count). The van der Waals surface area contributed by atoms with E-state index in [0.29, 0.717) is 30.5 Å². The molecule has 0 atom stereocenters. The van der Waals surface area contributed by atoms with E-state index in [1.807, 2.05) is 24.3 Å². The molecular formula is C16H15NO4. The van der Waals surface area contributed by atoms with Crippen LogP contribution >= 0.6 is 0 Å². The number of nitrogens with one attached hydrogen (secondary N) is 1. The van der Waals surface area contributed by atoms with Gasteiger partial charge in [0.25, 0.3) is 0 Å². The number of ether oxygens (including phenoxy) is 4. The molecule has 0 spiro atoms. The van der Waals surface area contributed by atoms with Gasteiger partial charge in [0.2, 0.25) is 5.75 Å². The Kier molecular flexibility index (Phi) is 2.60. The lowest BCUT2D eigenvalue weighted by molar-refractivity contribution is 0.167. The van der Waals surface area contributed by atoms with Crippen LogP contribution < -0.4 is 18.9 Å². The van der Waals surface area contributed by atoms with Crippen molar-refractivity contribution in [2.75, 3.05) is 27.4 Å².